The zero-order valence-corrected chi connectivity index (χ0v) is 22.4. The molecule has 0 radical (unpaired) electrons. The molecule has 0 saturated carbocycles. The Labute approximate surface area is 216 Å². The van der Waals surface area contributed by atoms with Gasteiger partial charge in [-0.2, -0.15) is 4.31 Å². The number of hydrogen-bond donors (Lipinski definition) is 1. The van der Waals surface area contributed by atoms with Crippen LogP contribution >= 0.6 is 0 Å². The smallest absolute Gasteiger partial charge is 0.243 e. The van der Waals surface area contributed by atoms with Gasteiger partial charge in [0, 0.05) is 17.8 Å². The molecule has 5 rings (SSSR count). The number of hydrogen-bond acceptors (Lipinski definition) is 4. The SMILES string of the molecule is CC1(C)CCC2(CCN(CC(=O)Nc3ccc4c(c3)CCCC4)CC2)CN1S(=O)(=O)c1ccccc1. The highest BCUT2D eigenvalue weighted by molar-refractivity contribution is 7.89. The van der Waals surface area contributed by atoms with Gasteiger partial charge in [0.05, 0.1) is 11.4 Å². The van der Waals surface area contributed by atoms with E-state index < -0.39 is 15.6 Å². The number of fused-ring (bicyclic) bond motifs is 1. The zero-order valence-electron chi connectivity index (χ0n) is 21.6. The highest BCUT2D eigenvalue weighted by Gasteiger charge is 2.49. The average molecular weight is 510 g/mol. The van der Waals surface area contributed by atoms with E-state index in [0.29, 0.717) is 18.0 Å². The molecule has 2 fully saturated rings. The lowest BCUT2D eigenvalue weighted by Crippen LogP contribution is -2.59. The Morgan fingerprint density at radius 3 is 2.33 bits per heavy atom. The van der Waals surface area contributed by atoms with Crippen LogP contribution in [0.4, 0.5) is 5.69 Å². The van der Waals surface area contributed by atoms with Crippen molar-refractivity contribution in [3.05, 3.63) is 59.7 Å². The highest BCUT2D eigenvalue weighted by Crippen LogP contribution is 2.46. The Bertz CT molecular complexity index is 1200. The van der Waals surface area contributed by atoms with Crippen molar-refractivity contribution in [1.29, 1.82) is 0 Å². The number of aryl methyl sites for hydroxylation is 2. The maximum absolute atomic E-state index is 13.6. The van der Waals surface area contributed by atoms with Gasteiger partial charge in [0.2, 0.25) is 15.9 Å². The van der Waals surface area contributed by atoms with Gasteiger partial charge in [0.1, 0.15) is 0 Å². The van der Waals surface area contributed by atoms with Gasteiger partial charge in [-0.05, 0) is 119 Å². The van der Waals surface area contributed by atoms with E-state index >= 15 is 0 Å². The van der Waals surface area contributed by atoms with E-state index in [2.05, 4.69) is 22.3 Å². The molecule has 1 N–H and O–H groups in total. The van der Waals surface area contributed by atoms with E-state index in [0.717, 1.165) is 57.3 Å². The molecule has 2 aromatic carbocycles. The predicted octanol–water partition coefficient (Wildman–Crippen LogP) is 4.85. The summed E-state index contributed by atoms with van der Waals surface area (Å²) in [6.45, 7) is 6.65. The number of carbonyl (C=O) groups is 1. The van der Waals surface area contributed by atoms with Gasteiger partial charge in [-0.3, -0.25) is 9.69 Å². The third kappa shape index (κ3) is 5.24. The van der Waals surface area contributed by atoms with Crippen LogP contribution in [0.15, 0.2) is 53.4 Å². The second-order valence-electron chi connectivity index (χ2n) is 11.7. The minimum atomic E-state index is -3.56. The number of amides is 1. The number of nitrogens with zero attached hydrogens (tertiary/aromatic N) is 2. The largest absolute Gasteiger partial charge is 0.325 e. The summed E-state index contributed by atoms with van der Waals surface area (Å²) in [6, 6.07) is 15.1. The summed E-state index contributed by atoms with van der Waals surface area (Å²) in [6.07, 6.45) is 8.41. The summed E-state index contributed by atoms with van der Waals surface area (Å²) in [4.78, 5) is 15.4. The van der Waals surface area contributed by atoms with Crippen molar-refractivity contribution in [1.82, 2.24) is 9.21 Å². The molecular formula is C29H39N3O3S. The summed E-state index contributed by atoms with van der Waals surface area (Å²) in [7, 11) is -3.56. The van der Waals surface area contributed by atoms with Gasteiger partial charge < -0.3 is 5.32 Å². The molecule has 1 aliphatic carbocycles. The Kier molecular flexibility index (Phi) is 7.01. The maximum atomic E-state index is 13.6. The number of nitrogens with one attached hydrogen (secondary N) is 1. The number of likely N-dealkylation sites (tertiary alicyclic amines) is 1. The predicted molar refractivity (Wildman–Crippen MR) is 143 cm³/mol. The van der Waals surface area contributed by atoms with Crippen molar-refractivity contribution in [3.63, 3.8) is 0 Å². The number of rotatable bonds is 5. The van der Waals surface area contributed by atoms with Gasteiger partial charge in [-0.25, -0.2) is 8.42 Å². The molecule has 6 nitrogen and oxygen atoms in total. The number of piperidine rings is 2. The van der Waals surface area contributed by atoms with Crippen molar-refractivity contribution in [2.24, 2.45) is 5.41 Å². The molecule has 0 unspecified atom stereocenters. The standard InChI is InChI=1S/C29H39N3O3S/c1-28(2)14-15-29(22-32(28)36(34,35)26-10-4-3-5-11-26)16-18-31(19-17-29)21-27(33)30-25-13-12-23-8-6-7-9-24(23)20-25/h3-5,10-13,20H,6-9,14-19,21-22H2,1-2H3,(H,30,33). The molecule has 0 bridgehead atoms. The summed E-state index contributed by atoms with van der Waals surface area (Å²) < 4.78 is 28.9. The van der Waals surface area contributed by atoms with Crippen LogP contribution in [0.3, 0.4) is 0 Å². The molecule has 36 heavy (non-hydrogen) atoms. The summed E-state index contributed by atoms with van der Waals surface area (Å²) in [5.74, 6) is 0.0276. The van der Waals surface area contributed by atoms with Crippen LogP contribution in [0.5, 0.6) is 0 Å². The van der Waals surface area contributed by atoms with E-state index in [4.69, 9.17) is 0 Å². The van der Waals surface area contributed by atoms with Gasteiger partial charge in [0.25, 0.3) is 0 Å². The van der Waals surface area contributed by atoms with Crippen molar-refractivity contribution in [3.8, 4) is 0 Å². The zero-order chi connectivity index (χ0) is 25.4. The minimum Gasteiger partial charge on any atom is -0.325 e. The van der Waals surface area contributed by atoms with Gasteiger partial charge in [-0.1, -0.05) is 24.3 Å². The normalized spacial score (nSPS) is 22.2. The second kappa shape index (κ2) is 9.92. The first kappa shape index (κ1) is 25.4. The Morgan fingerprint density at radius 2 is 1.61 bits per heavy atom. The minimum absolute atomic E-state index is 0.0250. The first-order valence-electron chi connectivity index (χ1n) is 13.4. The molecule has 1 amide bonds. The van der Waals surface area contributed by atoms with Crippen LogP contribution in [-0.4, -0.2) is 55.2 Å². The van der Waals surface area contributed by atoms with Crippen LogP contribution < -0.4 is 5.32 Å². The number of sulfonamides is 1. The fourth-order valence-corrected chi connectivity index (χ4v) is 8.17. The fraction of sp³-hybridized carbons (Fsp3) is 0.552. The second-order valence-corrected chi connectivity index (χ2v) is 13.5. The van der Waals surface area contributed by atoms with Crippen molar-refractivity contribution in [2.75, 3.05) is 31.5 Å². The lowest BCUT2D eigenvalue weighted by atomic mass is 9.69. The molecule has 2 heterocycles. The molecule has 1 spiro atoms. The molecule has 7 heteroatoms. The first-order chi connectivity index (χ1) is 17.2. The van der Waals surface area contributed by atoms with E-state index in [1.54, 1.807) is 28.6 Å². The van der Waals surface area contributed by atoms with Crippen molar-refractivity contribution in [2.45, 2.75) is 75.6 Å². The fourth-order valence-electron chi connectivity index (χ4n) is 6.23. The lowest BCUT2D eigenvalue weighted by molar-refractivity contribution is -0.118. The van der Waals surface area contributed by atoms with Crippen molar-refractivity contribution >= 4 is 21.6 Å². The van der Waals surface area contributed by atoms with Crippen LogP contribution in [0.2, 0.25) is 0 Å². The molecule has 3 aliphatic rings. The van der Waals surface area contributed by atoms with Gasteiger partial charge in [-0.15, -0.1) is 0 Å². The van der Waals surface area contributed by atoms with Crippen LogP contribution in [0.25, 0.3) is 0 Å². The number of carbonyl (C=O) groups excluding carboxylic acids is 1. The van der Waals surface area contributed by atoms with E-state index in [1.165, 1.54) is 24.0 Å². The molecule has 0 atom stereocenters. The summed E-state index contributed by atoms with van der Waals surface area (Å²) in [5.41, 5.74) is 3.24. The van der Waals surface area contributed by atoms with Gasteiger partial charge in [0.15, 0.2) is 0 Å². The average Bonchev–Trinajstić information content (AvgIpc) is 2.87. The Morgan fingerprint density at radius 1 is 0.917 bits per heavy atom. The first-order valence-corrected chi connectivity index (χ1v) is 14.8. The third-order valence-electron chi connectivity index (χ3n) is 8.67. The van der Waals surface area contributed by atoms with Crippen LogP contribution in [0, 0.1) is 5.41 Å². The van der Waals surface area contributed by atoms with Crippen molar-refractivity contribution < 1.29 is 13.2 Å². The summed E-state index contributed by atoms with van der Waals surface area (Å²) in [5, 5.41) is 3.10. The maximum Gasteiger partial charge on any atom is 0.243 e. The lowest BCUT2D eigenvalue weighted by Gasteiger charge is -2.53. The quantitative estimate of drug-likeness (QED) is 0.626. The Balaban J connectivity index is 1.20. The highest BCUT2D eigenvalue weighted by atomic mass is 32.2. The molecule has 2 saturated heterocycles. The van der Waals surface area contributed by atoms with Crippen LogP contribution in [-0.2, 0) is 27.7 Å². The van der Waals surface area contributed by atoms with Crippen LogP contribution in [0.1, 0.15) is 63.5 Å². The molecular weight excluding hydrogens is 470 g/mol. The van der Waals surface area contributed by atoms with E-state index in [9.17, 15) is 13.2 Å². The number of benzene rings is 2. The molecule has 2 aromatic rings. The van der Waals surface area contributed by atoms with E-state index in [1.807, 2.05) is 26.0 Å². The monoisotopic (exact) mass is 509 g/mol. The topological polar surface area (TPSA) is 69.7 Å². The van der Waals surface area contributed by atoms with Gasteiger partial charge >= 0.3 is 0 Å². The number of anilines is 1. The molecule has 2 aliphatic heterocycles. The molecule has 194 valence electrons. The molecule has 0 aromatic heterocycles. The summed E-state index contributed by atoms with van der Waals surface area (Å²) >= 11 is 0. The third-order valence-corrected chi connectivity index (χ3v) is 10.7. The Hall–Kier alpha value is -2.22. The van der Waals surface area contributed by atoms with E-state index in [-0.39, 0.29) is 11.3 Å².